The molecule has 3 aromatic rings. The molecule has 2 N–H and O–H groups in total. The molecular formula is C13H10N2O3S. The molecule has 2 aromatic heterocycles. The van der Waals surface area contributed by atoms with E-state index in [1.165, 1.54) is 11.3 Å². The standard InChI is InChI=1S/C13H10N2O3S/c14-9-1-2-10-8(5-9)6-11(18-10)13(16)17-7-12-15-3-4-19-12/h1-6H,7,14H2. The molecule has 5 nitrogen and oxygen atoms in total. The highest BCUT2D eigenvalue weighted by molar-refractivity contribution is 7.09. The summed E-state index contributed by atoms with van der Waals surface area (Å²) in [7, 11) is 0. The van der Waals surface area contributed by atoms with Crippen molar-refractivity contribution in [3.05, 3.63) is 46.6 Å². The second kappa shape index (κ2) is 4.74. The van der Waals surface area contributed by atoms with E-state index in [4.69, 9.17) is 14.9 Å². The molecule has 0 atom stereocenters. The van der Waals surface area contributed by atoms with E-state index in [2.05, 4.69) is 4.98 Å². The maximum Gasteiger partial charge on any atom is 0.374 e. The van der Waals surface area contributed by atoms with Gasteiger partial charge in [-0.15, -0.1) is 11.3 Å². The second-order valence-electron chi connectivity index (χ2n) is 3.91. The molecule has 0 unspecified atom stereocenters. The largest absolute Gasteiger partial charge is 0.452 e. The maximum absolute atomic E-state index is 11.8. The number of nitrogens with zero attached hydrogens (tertiary/aromatic N) is 1. The molecule has 2 heterocycles. The lowest BCUT2D eigenvalue weighted by Gasteiger charge is -1.98. The fourth-order valence-electron chi connectivity index (χ4n) is 1.69. The summed E-state index contributed by atoms with van der Waals surface area (Å²) in [5.74, 6) is -0.345. The summed E-state index contributed by atoms with van der Waals surface area (Å²) >= 11 is 1.43. The van der Waals surface area contributed by atoms with Gasteiger partial charge in [-0.05, 0) is 24.3 Å². The molecule has 0 radical (unpaired) electrons. The minimum atomic E-state index is -0.509. The van der Waals surface area contributed by atoms with Crippen LogP contribution in [0.2, 0.25) is 0 Å². The predicted molar refractivity (Wildman–Crippen MR) is 71.9 cm³/mol. The molecule has 0 amide bonds. The van der Waals surface area contributed by atoms with Gasteiger partial charge in [-0.25, -0.2) is 9.78 Å². The summed E-state index contributed by atoms with van der Waals surface area (Å²) in [6.45, 7) is 0.148. The molecule has 6 heteroatoms. The van der Waals surface area contributed by atoms with Gasteiger partial charge in [-0.3, -0.25) is 0 Å². The summed E-state index contributed by atoms with van der Waals surface area (Å²) in [6, 6.07) is 6.81. The van der Waals surface area contributed by atoms with Crippen molar-refractivity contribution in [2.45, 2.75) is 6.61 Å². The monoisotopic (exact) mass is 274 g/mol. The van der Waals surface area contributed by atoms with E-state index in [1.54, 1.807) is 30.5 Å². The van der Waals surface area contributed by atoms with Crippen LogP contribution in [0.15, 0.2) is 40.3 Å². The van der Waals surface area contributed by atoms with Crippen molar-refractivity contribution in [2.24, 2.45) is 0 Å². The van der Waals surface area contributed by atoms with Crippen molar-refractivity contribution in [1.82, 2.24) is 4.98 Å². The normalized spacial score (nSPS) is 10.7. The lowest BCUT2D eigenvalue weighted by atomic mass is 10.2. The third kappa shape index (κ3) is 2.43. The Bertz CT molecular complexity index is 719. The Labute approximate surface area is 112 Å². The van der Waals surface area contributed by atoms with E-state index in [0.717, 1.165) is 10.4 Å². The van der Waals surface area contributed by atoms with Crippen molar-refractivity contribution in [2.75, 3.05) is 5.73 Å². The fraction of sp³-hybridized carbons (Fsp3) is 0.0769. The van der Waals surface area contributed by atoms with Crippen LogP contribution in [0.5, 0.6) is 0 Å². The average molecular weight is 274 g/mol. The van der Waals surface area contributed by atoms with E-state index >= 15 is 0 Å². The van der Waals surface area contributed by atoms with Crippen molar-refractivity contribution < 1.29 is 13.9 Å². The Kier molecular flexibility index (Phi) is 2.92. The molecular weight excluding hydrogens is 264 g/mol. The SMILES string of the molecule is Nc1ccc2oc(C(=O)OCc3nccs3)cc2c1. The molecule has 0 fully saturated rings. The quantitative estimate of drug-likeness (QED) is 0.587. The highest BCUT2D eigenvalue weighted by atomic mass is 32.1. The summed E-state index contributed by atoms with van der Waals surface area (Å²) in [5.41, 5.74) is 6.90. The van der Waals surface area contributed by atoms with Crippen LogP contribution >= 0.6 is 11.3 Å². The Morgan fingerprint density at radius 2 is 2.32 bits per heavy atom. The number of thiazole rings is 1. The summed E-state index contributed by atoms with van der Waals surface area (Å²) in [4.78, 5) is 15.9. The zero-order chi connectivity index (χ0) is 13.2. The number of rotatable bonds is 3. The molecule has 0 aliphatic rings. The Morgan fingerprint density at radius 3 is 3.11 bits per heavy atom. The third-order valence-corrected chi connectivity index (χ3v) is 3.30. The van der Waals surface area contributed by atoms with Crippen LogP contribution in [0.1, 0.15) is 15.6 Å². The van der Waals surface area contributed by atoms with Crippen LogP contribution < -0.4 is 5.73 Å². The molecule has 0 spiro atoms. The first-order valence-corrected chi connectivity index (χ1v) is 6.45. The van der Waals surface area contributed by atoms with Gasteiger partial charge in [0, 0.05) is 22.7 Å². The van der Waals surface area contributed by atoms with Gasteiger partial charge in [-0.2, -0.15) is 0 Å². The first-order valence-electron chi connectivity index (χ1n) is 5.57. The zero-order valence-electron chi connectivity index (χ0n) is 9.83. The second-order valence-corrected chi connectivity index (χ2v) is 4.89. The number of ether oxygens (including phenoxy) is 1. The molecule has 0 aliphatic carbocycles. The highest BCUT2D eigenvalue weighted by Gasteiger charge is 2.14. The predicted octanol–water partition coefficient (Wildman–Crippen LogP) is 2.83. The van der Waals surface area contributed by atoms with Gasteiger partial charge in [-0.1, -0.05) is 0 Å². The molecule has 0 bridgehead atoms. The number of nitrogen functional groups attached to an aromatic ring is 1. The lowest BCUT2D eigenvalue weighted by molar-refractivity contribution is 0.0438. The van der Waals surface area contributed by atoms with Gasteiger partial charge in [0.05, 0.1) is 0 Å². The molecule has 3 rings (SSSR count). The van der Waals surface area contributed by atoms with Crippen LogP contribution in [-0.2, 0) is 11.3 Å². The number of aromatic nitrogens is 1. The Morgan fingerprint density at radius 1 is 1.42 bits per heavy atom. The number of fused-ring (bicyclic) bond motifs is 1. The average Bonchev–Trinajstić information content (AvgIpc) is 3.04. The Balaban J connectivity index is 1.77. The Hall–Kier alpha value is -2.34. The molecule has 96 valence electrons. The van der Waals surface area contributed by atoms with Crippen LogP contribution in [0.25, 0.3) is 11.0 Å². The van der Waals surface area contributed by atoms with E-state index in [-0.39, 0.29) is 12.4 Å². The maximum atomic E-state index is 11.8. The summed E-state index contributed by atoms with van der Waals surface area (Å²) < 4.78 is 10.5. The van der Waals surface area contributed by atoms with Crippen LogP contribution in [0, 0.1) is 0 Å². The van der Waals surface area contributed by atoms with E-state index in [0.29, 0.717) is 11.3 Å². The van der Waals surface area contributed by atoms with Crippen LogP contribution in [0.3, 0.4) is 0 Å². The van der Waals surface area contributed by atoms with E-state index in [1.807, 2.05) is 5.38 Å². The summed E-state index contributed by atoms with van der Waals surface area (Å²) in [6.07, 6.45) is 1.66. The van der Waals surface area contributed by atoms with Crippen LogP contribution in [0.4, 0.5) is 5.69 Å². The number of esters is 1. The fourth-order valence-corrected chi connectivity index (χ4v) is 2.21. The van der Waals surface area contributed by atoms with Gasteiger partial charge >= 0.3 is 5.97 Å². The van der Waals surface area contributed by atoms with Crippen LogP contribution in [-0.4, -0.2) is 11.0 Å². The number of furan rings is 1. The highest BCUT2D eigenvalue weighted by Crippen LogP contribution is 2.22. The van der Waals surface area contributed by atoms with Gasteiger partial charge in [0.1, 0.15) is 17.2 Å². The topological polar surface area (TPSA) is 78.3 Å². The van der Waals surface area contributed by atoms with Gasteiger partial charge in [0.15, 0.2) is 0 Å². The lowest BCUT2D eigenvalue weighted by Crippen LogP contribution is -2.03. The van der Waals surface area contributed by atoms with Gasteiger partial charge in [0.2, 0.25) is 5.76 Å². The molecule has 0 saturated heterocycles. The van der Waals surface area contributed by atoms with E-state index < -0.39 is 5.97 Å². The number of hydrogen-bond donors (Lipinski definition) is 1. The minimum absolute atomic E-state index is 0.148. The number of carbonyl (C=O) groups is 1. The first-order chi connectivity index (χ1) is 9.22. The van der Waals surface area contributed by atoms with Crippen molar-refractivity contribution in [3.63, 3.8) is 0 Å². The number of benzene rings is 1. The molecule has 0 aliphatic heterocycles. The molecule has 1 aromatic carbocycles. The number of carbonyl (C=O) groups excluding carboxylic acids is 1. The number of anilines is 1. The van der Waals surface area contributed by atoms with Crippen molar-refractivity contribution in [1.29, 1.82) is 0 Å². The third-order valence-electron chi connectivity index (χ3n) is 2.55. The van der Waals surface area contributed by atoms with E-state index in [9.17, 15) is 4.79 Å². The van der Waals surface area contributed by atoms with Crippen molar-refractivity contribution >= 4 is 34.0 Å². The molecule has 19 heavy (non-hydrogen) atoms. The minimum Gasteiger partial charge on any atom is -0.452 e. The first kappa shape index (κ1) is 11.7. The summed E-state index contributed by atoms with van der Waals surface area (Å²) in [5, 5.41) is 3.35. The van der Waals surface area contributed by atoms with Gasteiger partial charge in [0.25, 0.3) is 0 Å². The van der Waals surface area contributed by atoms with Crippen molar-refractivity contribution in [3.8, 4) is 0 Å². The van der Waals surface area contributed by atoms with Gasteiger partial charge < -0.3 is 14.9 Å². The number of hydrogen-bond acceptors (Lipinski definition) is 6. The zero-order valence-corrected chi connectivity index (χ0v) is 10.6. The number of nitrogens with two attached hydrogens (primary N) is 1. The molecule has 0 saturated carbocycles. The smallest absolute Gasteiger partial charge is 0.374 e.